The molecule has 0 spiro atoms. The van der Waals surface area contributed by atoms with E-state index in [1.54, 1.807) is 0 Å². The number of ether oxygens (including phenoxy) is 1. The number of nitrogens with one attached hydrogen (secondary N) is 1. The molecule has 4 nitrogen and oxygen atoms in total. The number of carbonyl (C=O) groups excluding carboxylic acids is 1. The van der Waals surface area contributed by atoms with Crippen LogP contribution in [0, 0.1) is 0 Å². The molecule has 0 radical (unpaired) electrons. The fraction of sp³-hybridized carbons (Fsp3) is 0.353. The van der Waals surface area contributed by atoms with Crippen molar-refractivity contribution in [1.82, 2.24) is 9.88 Å². The van der Waals surface area contributed by atoms with Crippen LogP contribution in [0.4, 0.5) is 0 Å². The number of rotatable bonds is 5. The quantitative estimate of drug-likeness (QED) is 0.917. The van der Waals surface area contributed by atoms with Crippen molar-refractivity contribution in [2.45, 2.75) is 31.7 Å². The molecular formula is C17H20N2O2. The molecule has 1 heterocycles. The van der Waals surface area contributed by atoms with Crippen molar-refractivity contribution in [3.8, 4) is 11.4 Å². The van der Waals surface area contributed by atoms with Crippen LogP contribution in [0.15, 0.2) is 48.8 Å². The third-order valence-corrected chi connectivity index (χ3v) is 3.83. The number of hydrogen-bond acceptors (Lipinski definition) is 2. The average Bonchev–Trinajstić information content (AvgIpc) is 3.19. The summed E-state index contributed by atoms with van der Waals surface area (Å²) in [5.74, 6) is 0.684. The number of aromatic nitrogens is 1. The van der Waals surface area contributed by atoms with Gasteiger partial charge < -0.3 is 14.6 Å². The highest BCUT2D eigenvalue weighted by Gasteiger charge is 2.17. The summed E-state index contributed by atoms with van der Waals surface area (Å²) < 4.78 is 7.55. The first-order chi connectivity index (χ1) is 10.3. The number of nitrogens with zero attached hydrogens (tertiary/aromatic N) is 1. The van der Waals surface area contributed by atoms with Gasteiger partial charge in [-0.25, -0.2) is 0 Å². The Hall–Kier alpha value is -2.23. The lowest BCUT2D eigenvalue weighted by Gasteiger charge is -2.12. The highest BCUT2D eigenvalue weighted by Crippen LogP contribution is 2.18. The Bertz CT molecular complexity index is 569. The van der Waals surface area contributed by atoms with Crippen molar-refractivity contribution in [1.29, 1.82) is 0 Å². The highest BCUT2D eigenvalue weighted by molar-refractivity contribution is 5.77. The Labute approximate surface area is 124 Å². The van der Waals surface area contributed by atoms with E-state index in [1.807, 2.05) is 53.4 Å². The van der Waals surface area contributed by atoms with E-state index in [4.69, 9.17) is 4.74 Å². The van der Waals surface area contributed by atoms with Gasteiger partial charge in [0.2, 0.25) is 0 Å². The number of amides is 1. The molecule has 1 N–H and O–H groups in total. The summed E-state index contributed by atoms with van der Waals surface area (Å²) in [4.78, 5) is 11.8. The fourth-order valence-corrected chi connectivity index (χ4v) is 2.71. The zero-order valence-corrected chi connectivity index (χ0v) is 12.0. The molecule has 0 unspecified atom stereocenters. The third kappa shape index (κ3) is 3.66. The third-order valence-electron chi connectivity index (χ3n) is 3.83. The SMILES string of the molecule is O=C(COc1ccc(-n2cccc2)cc1)NC1CCCC1. The molecule has 2 aromatic rings. The number of carbonyl (C=O) groups is 1. The fourth-order valence-electron chi connectivity index (χ4n) is 2.71. The van der Waals surface area contributed by atoms with Crippen molar-refractivity contribution >= 4 is 5.91 Å². The Kier molecular flexibility index (Phi) is 4.24. The Balaban J connectivity index is 1.50. The van der Waals surface area contributed by atoms with Crippen molar-refractivity contribution in [3.63, 3.8) is 0 Å². The Morgan fingerprint density at radius 1 is 1.14 bits per heavy atom. The van der Waals surface area contributed by atoms with Crippen LogP contribution in [0.2, 0.25) is 0 Å². The van der Waals surface area contributed by atoms with E-state index < -0.39 is 0 Å². The van der Waals surface area contributed by atoms with E-state index in [2.05, 4.69) is 5.32 Å². The minimum atomic E-state index is -0.0311. The second kappa shape index (κ2) is 6.48. The van der Waals surface area contributed by atoms with Crippen LogP contribution < -0.4 is 10.1 Å². The molecular weight excluding hydrogens is 264 g/mol. The molecule has 1 aromatic carbocycles. The number of hydrogen-bond donors (Lipinski definition) is 1. The molecule has 1 fully saturated rings. The summed E-state index contributed by atoms with van der Waals surface area (Å²) in [6.07, 6.45) is 8.60. The van der Waals surface area contributed by atoms with Gasteiger partial charge in [0.1, 0.15) is 5.75 Å². The van der Waals surface area contributed by atoms with Gasteiger partial charge in [-0.05, 0) is 49.2 Å². The van der Waals surface area contributed by atoms with Crippen molar-refractivity contribution in [3.05, 3.63) is 48.8 Å². The first-order valence-electron chi connectivity index (χ1n) is 7.47. The molecule has 1 aromatic heterocycles. The van der Waals surface area contributed by atoms with E-state index >= 15 is 0 Å². The molecule has 1 saturated carbocycles. The van der Waals surface area contributed by atoms with E-state index in [9.17, 15) is 4.79 Å². The smallest absolute Gasteiger partial charge is 0.258 e. The molecule has 1 amide bonds. The summed E-state index contributed by atoms with van der Waals surface area (Å²) in [6.45, 7) is 0.0827. The molecule has 0 aliphatic heterocycles. The lowest BCUT2D eigenvalue weighted by atomic mass is 10.2. The predicted molar refractivity (Wildman–Crippen MR) is 81.7 cm³/mol. The lowest BCUT2D eigenvalue weighted by Crippen LogP contribution is -2.36. The standard InChI is InChI=1S/C17H20N2O2/c20-17(18-14-5-1-2-6-14)13-21-16-9-7-15(8-10-16)19-11-3-4-12-19/h3-4,7-12,14H,1-2,5-6,13H2,(H,18,20). The summed E-state index contributed by atoms with van der Waals surface area (Å²) in [6, 6.07) is 12.0. The van der Waals surface area contributed by atoms with Crippen molar-refractivity contribution in [2.75, 3.05) is 6.61 Å². The van der Waals surface area contributed by atoms with E-state index in [1.165, 1.54) is 12.8 Å². The van der Waals surface area contributed by atoms with E-state index in [0.29, 0.717) is 11.8 Å². The van der Waals surface area contributed by atoms with Crippen LogP contribution in [0.3, 0.4) is 0 Å². The van der Waals surface area contributed by atoms with Gasteiger partial charge in [-0.3, -0.25) is 4.79 Å². The van der Waals surface area contributed by atoms with E-state index in [-0.39, 0.29) is 12.5 Å². The second-order valence-corrected chi connectivity index (χ2v) is 5.42. The van der Waals surface area contributed by atoms with Crippen LogP contribution in [0.25, 0.3) is 5.69 Å². The summed E-state index contributed by atoms with van der Waals surface area (Å²) >= 11 is 0. The van der Waals surface area contributed by atoms with Gasteiger partial charge in [-0.15, -0.1) is 0 Å². The van der Waals surface area contributed by atoms with Crippen LogP contribution >= 0.6 is 0 Å². The maximum absolute atomic E-state index is 11.8. The molecule has 0 atom stereocenters. The molecule has 3 rings (SSSR count). The van der Waals surface area contributed by atoms with Crippen LogP contribution in [0.5, 0.6) is 5.75 Å². The first kappa shape index (κ1) is 13.7. The van der Waals surface area contributed by atoms with Crippen molar-refractivity contribution < 1.29 is 9.53 Å². The molecule has 1 aliphatic carbocycles. The van der Waals surface area contributed by atoms with Crippen LogP contribution in [-0.2, 0) is 4.79 Å². The molecule has 0 bridgehead atoms. The zero-order chi connectivity index (χ0) is 14.5. The Morgan fingerprint density at radius 3 is 2.48 bits per heavy atom. The van der Waals surface area contributed by atoms with E-state index in [0.717, 1.165) is 18.5 Å². The highest BCUT2D eigenvalue weighted by atomic mass is 16.5. The molecule has 4 heteroatoms. The minimum Gasteiger partial charge on any atom is -0.484 e. The van der Waals surface area contributed by atoms with Gasteiger partial charge in [0.15, 0.2) is 6.61 Å². The maximum atomic E-state index is 11.8. The summed E-state index contributed by atoms with van der Waals surface area (Å²) in [5, 5.41) is 3.01. The molecule has 21 heavy (non-hydrogen) atoms. The van der Waals surface area contributed by atoms with Gasteiger partial charge in [0.05, 0.1) is 0 Å². The molecule has 110 valence electrons. The van der Waals surface area contributed by atoms with Gasteiger partial charge in [0, 0.05) is 24.1 Å². The Morgan fingerprint density at radius 2 is 1.81 bits per heavy atom. The zero-order valence-electron chi connectivity index (χ0n) is 12.0. The average molecular weight is 284 g/mol. The first-order valence-corrected chi connectivity index (χ1v) is 7.47. The summed E-state index contributed by atoms with van der Waals surface area (Å²) in [7, 11) is 0. The van der Waals surface area contributed by atoms with Crippen LogP contribution in [0.1, 0.15) is 25.7 Å². The monoisotopic (exact) mass is 284 g/mol. The van der Waals surface area contributed by atoms with Gasteiger partial charge in [-0.2, -0.15) is 0 Å². The topological polar surface area (TPSA) is 43.3 Å². The van der Waals surface area contributed by atoms with Gasteiger partial charge in [-0.1, -0.05) is 12.8 Å². The lowest BCUT2D eigenvalue weighted by molar-refractivity contribution is -0.123. The predicted octanol–water partition coefficient (Wildman–Crippen LogP) is 2.91. The largest absolute Gasteiger partial charge is 0.484 e. The van der Waals surface area contributed by atoms with Gasteiger partial charge >= 0.3 is 0 Å². The maximum Gasteiger partial charge on any atom is 0.258 e. The van der Waals surface area contributed by atoms with Crippen molar-refractivity contribution in [2.24, 2.45) is 0 Å². The summed E-state index contributed by atoms with van der Waals surface area (Å²) in [5.41, 5.74) is 1.07. The number of benzene rings is 1. The van der Waals surface area contributed by atoms with Gasteiger partial charge in [0.25, 0.3) is 5.91 Å². The normalized spacial score (nSPS) is 15.0. The minimum absolute atomic E-state index is 0.0311. The molecule has 1 aliphatic rings. The van der Waals surface area contributed by atoms with Crippen LogP contribution in [-0.4, -0.2) is 23.1 Å². The second-order valence-electron chi connectivity index (χ2n) is 5.42. The molecule has 0 saturated heterocycles.